The highest BCUT2D eigenvalue weighted by Crippen LogP contribution is 2.35. The Labute approximate surface area is 78.1 Å². The van der Waals surface area contributed by atoms with E-state index in [-0.39, 0.29) is 11.8 Å². The first-order valence-electron chi connectivity index (χ1n) is 4.48. The summed E-state index contributed by atoms with van der Waals surface area (Å²) in [7, 11) is 0. The molecule has 1 rings (SSSR count). The molecule has 0 bridgehead atoms. The average Bonchev–Trinajstić information content (AvgIpc) is 1.95. The lowest BCUT2D eigenvalue weighted by Gasteiger charge is -2.33. The molecule has 0 spiro atoms. The molecule has 3 heteroatoms. The number of rotatable bonds is 2. The van der Waals surface area contributed by atoms with Crippen molar-refractivity contribution in [3.8, 4) is 0 Å². The fourth-order valence-corrected chi connectivity index (χ4v) is 1.50. The zero-order valence-electron chi connectivity index (χ0n) is 8.08. The highest BCUT2D eigenvalue weighted by Gasteiger charge is 2.33. The van der Waals surface area contributed by atoms with Gasteiger partial charge in [-0.3, -0.25) is 4.79 Å². The minimum absolute atomic E-state index is 0.0880. The first-order chi connectivity index (χ1) is 5.83. The van der Waals surface area contributed by atoms with Crippen LogP contribution in [0.1, 0.15) is 33.1 Å². The van der Waals surface area contributed by atoms with Crippen LogP contribution in [0.2, 0.25) is 0 Å². The summed E-state index contributed by atoms with van der Waals surface area (Å²) in [4.78, 5) is 10.4. The van der Waals surface area contributed by atoms with Crippen molar-refractivity contribution in [1.29, 1.82) is 0 Å². The molecular weight excluding hydrogens is 168 g/mol. The number of carboxylic acids is 1. The van der Waals surface area contributed by atoms with Crippen LogP contribution in [-0.4, -0.2) is 21.8 Å². The fourth-order valence-electron chi connectivity index (χ4n) is 1.50. The number of aliphatic hydroxyl groups is 1. The zero-order valence-corrected chi connectivity index (χ0v) is 8.08. The van der Waals surface area contributed by atoms with Gasteiger partial charge in [0.05, 0.1) is 12.0 Å². The van der Waals surface area contributed by atoms with Crippen LogP contribution in [0.5, 0.6) is 0 Å². The summed E-state index contributed by atoms with van der Waals surface area (Å²) in [5.74, 6) is -0.952. The molecule has 0 aromatic heterocycles. The van der Waals surface area contributed by atoms with Crippen LogP contribution in [0.15, 0.2) is 12.2 Å². The molecule has 0 saturated carbocycles. The van der Waals surface area contributed by atoms with Gasteiger partial charge in [0.2, 0.25) is 0 Å². The standard InChI is InChI=1S/C10H16O3/c1-9(2)3-5-10(13,6-4-9)7-8(11)12/h3,5,13H,4,6-7H2,1-2H3,(H,11,12). The van der Waals surface area contributed by atoms with Crippen molar-refractivity contribution in [1.82, 2.24) is 0 Å². The lowest BCUT2D eigenvalue weighted by Crippen LogP contribution is -2.34. The molecule has 1 unspecified atom stereocenters. The summed E-state index contributed by atoms with van der Waals surface area (Å²) in [5, 5.41) is 18.4. The molecule has 0 aromatic rings. The largest absolute Gasteiger partial charge is 0.481 e. The first kappa shape index (κ1) is 10.3. The third-order valence-corrected chi connectivity index (χ3v) is 2.50. The van der Waals surface area contributed by atoms with E-state index in [1.807, 2.05) is 6.08 Å². The molecule has 2 N–H and O–H groups in total. The van der Waals surface area contributed by atoms with Gasteiger partial charge < -0.3 is 10.2 Å². The van der Waals surface area contributed by atoms with E-state index in [1.54, 1.807) is 6.08 Å². The van der Waals surface area contributed by atoms with Gasteiger partial charge in [0.15, 0.2) is 0 Å². The number of hydrogen-bond donors (Lipinski definition) is 2. The maximum atomic E-state index is 10.4. The van der Waals surface area contributed by atoms with E-state index in [2.05, 4.69) is 13.8 Å². The topological polar surface area (TPSA) is 57.5 Å². The molecule has 1 aliphatic rings. The maximum absolute atomic E-state index is 10.4. The van der Waals surface area contributed by atoms with E-state index in [4.69, 9.17) is 5.11 Å². The Hall–Kier alpha value is -0.830. The molecule has 0 aromatic carbocycles. The average molecular weight is 184 g/mol. The van der Waals surface area contributed by atoms with Crippen LogP contribution >= 0.6 is 0 Å². The van der Waals surface area contributed by atoms with Crippen molar-refractivity contribution in [2.24, 2.45) is 5.41 Å². The number of hydrogen-bond acceptors (Lipinski definition) is 2. The van der Waals surface area contributed by atoms with E-state index < -0.39 is 11.6 Å². The van der Waals surface area contributed by atoms with Crippen molar-refractivity contribution in [3.05, 3.63) is 12.2 Å². The van der Waals surface area contributed by atoms with Gasteiger partial charge in [0.25, 0.3) is 0 Å². The number of aliphatic carboxylic acids is 1. The minimum Gasteiger partial charge on any atom is -0.481 e. The molecule has 0 fully saturated rings. The predicted octanol–water partition coefficient (Wildman–Crippen LogP) is 1.57. The summed E-state index contributed by atoms with van der Waals surface area (Å²) in [6, 6.07) is 0. The van der Waals surface area contributed by atoms with Crippen molar-refractivity contribution in [2.75, 3.05) is 0 Å². The number of allylic oxidation sites excluding steroid dienone is 1. The number of carbonyl (C=O) groups is 1. The fraction of sp³-hybridized carbons (Fsp3) is 0.700. The smallest absolute Gasteiger partial charge is 0.306 e. The molecule has 0 heterocycles. The lowest BCUT2D eigenvalue weighted by atomic mass is 9.76. The Morgan fingerprint density at radius 2 is 2.00 bits per heavy atom. The maximum Gasteiger partial charge on any atom is 0.306 e. The molecule has 0 aliphatic heterocycles. The molecule has 13 heavy (non-hydrogen) atoms. The Morgan fingerprint density at radius 3 is 2.38 bits per heavy atom. The lowest BCUT2D eigenvalue weighted by molar-refractivity contribution is -0.141. The molecule has 74 valence electrons. The van der Waals surface area contributed by atoms with Crippen LogP contribution in [0.25, 0.3) is 0 Å². The van der Waals surface area contributed by atoms with E-state index in [1.165, 1.54) is 0 Å². The summed E-state index contributed by atoms with van der Waals surface area (Å²) < 4.78 is 0. The molecule has 0 amide bonds. The molecule has 0 radical (unpaired) electrons. The minimum atomic E-state index is -1.12. The summed E-state index contributed by atoms with van der Waals surface area (Å²) in [5.41, 5.74) is -1.04. The van der Waals surface area contributed by atoms with E-state index in [0.29, 0.717) is 6.42 Å². The monoisotopic (exact) mass is 184 g/mol. The van der Waals surface area contributed by atoms with Crippen molar-refractivity contribution in [2.45, 2.75) is 38.7 Å². The molecule has 1 aliphatic carbocycles. The van der Waals surface area contributed by atoms with Gasteiger partial charge in [0, 0.05) is 0 Å². The van der Waals surface area contributed by atoms with Crippen LogP contribution in [-0.2, 0) is 4.79 Å². The van der Waals surface area contributed by atoms with E-state index >= 15 is 0 Å². The molecule has 3 nitrogen and oxygen atoms in total. The van der Waals surface area contributed by atoms with Gasteiger partial charge in [-0.25, -0.2) is 0 Å². The van der Waals surface area contributed by atoms with Crippen LogP contribution in [0.4, 0.5) is 0 Å². The van der Waals surface area contributed by atoms with E-state index in [9.17, 15) is 9.90 Å². The highest BCUT2D eigenvalue weighted by atomic mass is 16.4. The second-order valence-electron chi connectivity index (χ2n) is 4.50. The Morgan fingerprint density at radius 1 is 1.38 bits per heavy atom. The second kappa shape index (κ2) is 3.14. The van der Waals surface area contributed by atoms with Gasteiger partial charge >= 0.3 is 5.97 Å². The second-order valence-corrected chi connectivity index (χ2v) is 4.50. The van der Waals surface area contributed by atoms with Crippen molar-refractivity contribution >= 4 is 5.97 Å². The van der Waals surface area contributed by atoms with Gasteiger partial charge in [-0.2, -0.15) is 0 Å². The first-order valence-corrected chi connectivity index (χ1v) is 4.48. The number of carboxylic acid groups (broad SMARTS) is 1. The Balaban J connectivity index is 2.70. The van der Waals surface area contributed by atoms with Crippen LogP contribution in [0.3, 0.4) is 0 Å². The van der Waals surface area contributed by atoms with Crippen LogP contribution < -0.4 is 0 Å². The molecule has 0 saturated heterocycles. The Bertz CT molecular complexity index is 243. The van der Waals surface area contributed by atoms with Gasteiger partial charge in [-0.05, 0) is 18.3 Å². The Kier molecular flexibility index (Phi) is 2.48. The quantitative estimate of drug-likeness (QED) is 0.640. The normalized spacial score (nSPS) is 31.6. The molecule has 1 atom stereocenters. The SMILES string of the molecule is CC1(C)C=CC(O)(CC(=O)O)CC1. The molecular formula is C10H16O3. The van der Waals surface area contributed by atoms with Gasteiger partial charge in [0.1, 0.15) is 0 Å². The van der Waals surface area contributed by atoms with Crippen LogP contribution in [0, 0.1) is 5.41 Å². The van der Waals surface area contributed by atoms with Gasteiger partial charge in [-0.1, -0.05) is 26.0 Å². The van der Waals surface area contributed by atoms with E-state index in [0.717, 1.165) is 6.42 Å². The summed E-state index contributed by atoms with van der Waals surface area (Å²) in [6.45, 7) is 4.15. The van der Waals surface area contributed by atoms with Gasteiger partial charge in [-0.15, -0.1) is 0 Å². The zero-order chi connectivity index (χ0) is 10.1. The highest BCUT2D eigenvalue weighted by molar-refractivity contribution is 5.68. The predicted molar refractivity (Wildman–Crippen MR) is 49.4 cm³/mol. The van der Waals surface area contributed by atoms with Crippen molar-refractivity contribution in [3.63, 3.8) is 0 Å². The van der Waals surface area contributed by atoms with Crippen molar-refractivity contribution < 1.29 is 15.0 Å². The third kappa shape index (κ3) is 2.84. The summed E-state index contributed by atoms with van der Waals surface area (Å²) in [6.07, 6.45) is 4.69. The summed E-state index contributed by atoms with van der Waals surface area (Å²) >= 11 is 0. The third-order valence-electron chi connectivity index (χ3n) is 2.50.